The van der Waals surface area contributed by atoms with Gasteiger partial charge in [-0.2, -0.15) is 0 Å². The molecule has 10 heteroatoms. The van der Waals surface area contributed by atoms with Gasteiger partial charge in [-0.25, -0.2) is 19.3 Å². The molecule has 0 radical (unpaired) electrons. The zero-order chi connectivity index (χ0) is 32.3. The minimum absolute atomic E-state index is 0.0370. The Hall–Kier alpha value is -4.96. The lowest BCUT2D eigenvalue weighted by atomic mass is 9.98. The van der Waals surface area contributed by atoms with Crippen LogP contribution in [0, 0.1) is 12.8 Å². The molecule has 1 N–H and O–H groups in total. The van der Waals surface area contributed by atoms with E-state index in [9.17, 15) is 19.2 Å². The minimum atomic E-state index is -0.747. The summed E-state index contributed by atoms with van der Waals surface area (Å²) in [6.45, 7) is 2.22. The number of nitrogens with one attached hydrogen (secondary N) is 1. The second-order valence-electron chi connectivity index (χ2n) is 11.1. The van der Waals surface area contributed by atoms with Crippen LogP contribution in [-0.4, -0.2) is 48.2 Å². The molecule has 1 saturated heterocycles. The van der Waals surface area contributed by atoms with Gasteiger partial charge >= 0.3 is 18.2 Å². The summed E-state index contributed by atoms with van der Waals surface area (Å²) in [4.78, 5) is 54.7. The molecule has 1 aliphatic heterocycles. The molecule has 3 amide bonds. The Bertz CT molecular complexity index is 1630. The quantitative estimate of drug-likeness (QED) is 0.132. The lowest BCUT2D eigenvalue weighted by Gasteiger charge is -2.25. The van der Waals surface area contributed by atoms with Gasteiger partial charge in [0.05, 0.1) is 12.0 Å². The molecule has 0 aliphatic carbocycles. The van der Waals surface area contributed by atoms with E-state index in [0.29, 0.717) is 24.1 Å². The third-order valence-corrected chi connectivity index (χ3v) is 9.00. The first kappa shape index (κ1) is 32.4. The summed E-state index contributed by atoms with van der Waals surface area (Å²) in [5.74, 6) is -1.59. The minimum Gasteiger partial charge on any atom is -0.457 e. The van der Waals surface area contributed by atoms with Crippen molar-refractivity contribution in [1.29, 1.82) is 0 Å². The number of alkyl carbamates (subject to hydrolysis) is 1. The van der Waals surface area contributed by atoms with Crippen molar-refractivity contribution in [3.63, 3.8) is 0 Å². The van der Waals surface area contributed by atoms with Crippen LogP contribution in [0.2, 0.25) is 0 Å². The highest BCUT2D eigenvalue weighted by atomic mass is 32.1. The van der Waals surface area contributed by atoms with Gasteiger partial charge in [0.1, 0.15) is 24.7 Å². The van der Waals surface area contributed by atoms with Crippen molar-refractivity contribution in [2.75, 3.05) is 13.2 Å². The molecule has 0 spiro atoms. The number of esters is 1. The number of thiophene rings is 1. The van der Waals surface area contributed by atoms with Crippen LogP contribution in [0.1, 0.15) is 43.2 Å². The Labute approximate surface area is 272 Å². The van der Waals surface area contributed by atoms with Crippen LogP contribution in [0.3, 0.4) is 0 Å². The summed E-state index contributed by atoms with van der Waals surface area (Å²) in [6, 6.07) is 29.6. The van der Waals surface area contributed by atoms with Crippen molar-refractivity contribution in [1.82, 2.24) is 10.2 Å². The van der Waals surface area contributed by atoms with Crippen LogP contribution in [-0.2, 0) is 45.1 Å². The smallest absolute Gasteiger partial charge is 0.416 e. The number of nitrogens with zero attached hydrogens (tertiary/aromatic N) is 1. The van der Waals surface area contributed by atoms with E-state index in [-0.39, 0.29) is 26.4 Å². The Morgan fingerprint density at radius 3 is 2.11 bits per heavy atom. The molecular weight excluding hydrogens is 604 g/mol. The molecule has 0 saturated carbocycles. The molecule has 1 aromatic heterocycles. The normalized spacial score (nSPS) is 14.8. The van der Waals surface area contributed by atoms with Gasteiger partial charge in [0, 0.05) is 11.4 Å². The van der Waals surface area contributed by atoms with Crippen LogP contribution in [0.15, 0.2) is 97.1 Å². The summed E-state index contributed by atoms with van der Waals surface area (Å²) >= 11 is 1.32. The average molecular weight is 641 g/mol. The molecule has 3 aromatic carbocycles. The maximum atomic E-state index is 14.0. The number of hydrogen-bond acceptors (Lipinski definition) is 8. The second kappa shape index (κ2) is 15.9. The van der Waals surface area contributed by atoms with E-state index in [1.165, 1.54) is 16.2 Å². The zero-order valence-electron chi connectivity index (χ0n) is 25.6. The number of cyclic esters (lactones) is 1. The SMILES string of the molecule is Cc1cc(C(=O)OCc2ccccc2)sc1CC[C@H](CNC(=O)OCc1ccccc1)C(=O)N1C(=O)OC[C@@H]1Cc1ccccc1. The number of ether oxygens (including phenoxy) is 3. The number of hydrogen-bond donors (Lipinski definition) is 1. The molecule has 5 rings (SSSR count). The highest BCUT2D eigenvalue weighted by Crippen LogP contribution is 2.27. The van der Waals surface area contributed by atoms with Gasteiger partial charge in [-0.3, -0.25) is 4.79 Å². The van der Waals surface area contributed by atoms with Gasteiger partial charge < -0.3 is 19.5 Å². The molecule has 0 unspecified atom stereocenters. The monoisotopic (exact) mass is 640 g/mol. The van der Waals surface area contributed by atoms with E-state index < -0.39 is 36.0 Å². The fourth-order valence-corrected chi connectivity index (χ4v) is 6.31. The van der Waals surface area contributed by atoms with Crippen molar-refractivity contribution < 1.29 is 33.4 Å². The second-order valence-corrected chi connectivity index (χ2v) is 12.2. The number of benzene rings is 3. The van der Waals surface area contributed by atoms with E-state index in [2.05, 4.69) is 5.32 Å². The third-order valence-electron chi connectivity index (χ3n) is 7.72. The maximum Gasteiger partial charge on any atom is 0.416 e. The van der Waals surface area contributed by atoms with Gasteiger partial charge in [-0.15, -0.1) is 11.3 Å². The third kappa shape index (κ3) is 8.82. The topological polar surface area (TPSA) is 111 Å². The molecule has 2 atom stereocenters. The van der Waals surface area contributed by atoms with E-state index in [1.54, 1.807) is 6.07 Å². The average Bonchev–Trinajstić information content (AvgIpc) is 3.64. The molecule has 1 aliphatic rings. The highest BCUT2D eigenvalue weighted by molar-refractivity contribution is 7.14. The van der Waals surface area contributed by atoms with Gasteiger partial charge in [0.15, 0.2) is 0 Å². The summed E-state index contributed by atoms with van der Waals surface area (Å²) in [5, 5.41) is 2.71. The van der Waals surface area contributed by atoms with E-state index in [4.69, 9.17) is 14.2 Å². The van der Waals surface area contributed by atoms with Gasteiger partial charge in [-0.05, 0) is 54.5 Å². The molecule has 0 bridgehead atoms. The fraction of sp³-hybridized carbons (Fsp3) is 0.278. The first-order valence-electron chi connectivity index (χ1n) is 15.2. The number of rotatable bonds is 13. The first-order chi connectivity index (χ1) is 22.4. The van der Waals surface area contributed by atoms with E-state index in [0.717, 1.165) is 27.1 Å². The number of aryl methyl sites for hydroxylation is 2. The lowest BCUT2D eigenvalue weighted by Crippen LogP contribution is -2.46. The standard InChI is InChI=1S/C36H36N2O7S/c1-25-19-32(34(40)43-22-27-13-7-3-8-14-27)46-31(25)18-17-29(21-37-35(41)44-23-28-15-9-4-10-16-28)33(39)38-30(24-45-36(38)42)20-26-11-5-2-6-12-26/h2-16,19,29-30H,17-18,20-24H2,1H3,(H,37,41)/t29-,30+/m1/s1. The predicted molar refractivity (Wildman–Crippen MR) is 173 cm³/mol. The highest BCUT2D eigenvalue weighted by Gasteiger charge is 2.41. The Kier molecular flexibility index (Phi) is 11.2. The molecule has 2 heterocycles. The summed E-state index contributed by atoms with van der Waals surface area (Å²) < 4.78 is 16.2. The van der Waals surface area contributed by atoms with Crippen LogP contribution in [0.25, 0.3) is 0 Å². The number of amides is 3. The van der Waals surface area contributed by atoms with Crippen molar-refractivity contribution in [3.8, 4) is 0 Å². The van der Waals surface area contributed by atoms with Gasteiger partial charge in [-0.1, -0.05) is 91.0 Å². The van der Waals surface area contributed by atoms with Crippen LogP contribution in [0.5, 0.6) is 0 Å². The summed E-state index contributed by atoms with van der Waals surface area (Å²) in [5.41, 5.74) is 3.61. The van der Waals surface area contributed by atoms with Crippen LogP contribution < -0.4 is 5.32 Å². The van der Waals surface area contributed by atoms with Crippen LogP contribution in [0.4, 0.5) is 9.59 Å². The molecular formula is C36H36N2O7S. The van der Waals surface area contributed by atoms with Crippen molar-refractivity contribution >= 4 is 35.4 Å². The number of carbonyl (C=O) groups is 4. The Morgan fingerprint density at radius 2 is 1.48 bits per heavy atom. The van der Waals surface area contributed by atoms with Crippen LogP contribution >= 0.6 is 11.3 Å². The van der Waals surface area contributed by atoms with Gasteiger partial charge in [0.2, 0.25) is 5.91 Å². The number of imide groups is 1. The van der Waals surface area contributed by atoms with Crippen molar-refractivity contribution in [2.45, 2.75) is 45.4 Å². The predicted octanol–water partition coefficient (Wildman–Crippen LogP) is 6.48. The van der Waals surface area contributed by atoms with E-state index >= 15 is 0 Å². The van der Waals surface area contributed by atoms with Crippen molar-refractivity contribution in [3.05, 3.63) is 129 Å². The summed E-state index contributed by atoms with van der Waals surface area (Å²) in [7, 11) is 0. The Morgan fingerprint density at radius 1 is 0.891 bits per heavy atom. The first-order valence-corrected chi connectivity index (χ1v) is 16.0. The Balaban J connectivity index is 1.26. The molecule has 46 heavy (non-hydrogen) atoms. The molecule has 4 aromatic rings. The lowest BCUT2D eigenvalue weighted by molar-refractivity contribution is -0.133. The summed E-state index contributed by atoms with van der Waals surface area (Å²) in [6.07, 6.45) is -0.137. The van der Waals surface area contributed by atoms with Gasteiger partial charge in [0.25, 0.3) is 0 Å². The fourth-order valence-electron chi connectivity index (χ4n) is 5.23. The maximum absolute atomic E-state index is 14.0. The largest absolute Gasteiger partial charge is 0.457 e. The molecule has 9 nitrogen and oxygen atoms in total. The number of carbonyl (C=O) groups excluding carboxylic acids is 4. The zero-order valence-corrected chi connectivity index (χ0v) is 26.4. The molecule has 238 valence electrons. The molecule has 1 fully saturated rings. The van der Waals surface area contributed by atoms with E-state index in [1.807, 2.05) is 97.9 Å². The van der Waals surface area contributed by atoms with Crippen molar-refractivity contribution in [2.24, 2.45) is 5.92 Å².